The van der Waals surface area contributed by atoms with Crippen molar-refractivity contribution in [3.05, 3.63) is 17.7 Å². The van der Waals surface area contributed by atoms with E-state index in [4.69, 9.17) is 0 Å². The SMILES string of the molecule is Cc1ncc(C(O)[C@@H]2CCCN2)n1C. The molecule has 4 heteroatoms. The molecule has 0 amide bonds. The zero-order chi connectivity index (χ0) is 10.1. The molecule has 1 unspecified atom stereocenters. The summed E-state index contributed by atoms with van der Waals surface area (Å²) in [7, 11) is 1.94. The van der Waals surface area contributed by atoms with E-state index in [1.54, 1.807) is 6.20 Å². The van der Waals surface area contributed by atoms with Crippen LogP contribution in [0, 0.1) is 6.92 Å². The van der Waals surface area contributed by atoms with Gasteiger partial charge in [0.25, 0.3) is 0 Å². The molecule has 0 spiro atoms. The molecule has 0 bridgehead atoms. The number of aromatic nitrogens is 2. The van der Waals surface area contributed by atoms with Gasteiger partial charge in [0.15, 0.2) is 0 Å². The van der Waals surface area contributed by atoms with Crippen molar-refractivity contribution >= 4 is 0 Å². The fraction of sp³-hybridized carbons (Fsp3) is 0.700. The first-order chi connectivity index (χ1) is 6.70. The summed E-state index contributed by atoms with van der Waals surface area (Å²) in [5, 5.41) is 13.4. The highest BCUT2D eigenvalue weighted by Crippen LogP contribution is 2.22. The lowest BCUT2D eigenvalue weighted by Gasteiger charge is -2.18. The van der Waals surface area contributed by atoms with Gasteiger partial charge >= 0.3 is 0 Å². The second kappa shape index (κ2) is 3.71. The number of aliphatic hydroxyl groups is 1. The molecule has 0 saturated carbocycles. The first kappa shape index (κ1) is 9.68. The van der Waals surface area contributed by atoms with Crippen molar-refractivity contribution in [2.45, 2.75) is 31.9 Å². The molecule has 0 radical (unpaired) electrons. The van der Waals surface area contributed by atoms with Gasteiger partial charge < -0.3 is 15.0 Å². The van der Waals surface area contributed by atoms with E-state index in [9.17, 15) is 5.11 Å². The summed E-state index contributed by atoms with van der Waals surface area (Å²) < 4.78 is 1.95. The lowest BCUT2D eigenvalue weighted by Crippen LogP contribution is -2.29. The van der Waals surface area contributed by atoms with Crippen LogP contribution in [-0.2, 0) is 7.05 Å². The molecule has 78 valence electrons. The van der Waals surface area contributed by atoms with Gasteiger partial charge in [-0.25, -0.2) is 4.98 Å². The number of hydrogen-bond acceptors (Lipinski definition) is 3. The summed E-state index contributed by atoms with van der Waals surface area (Å²) >= 11 is 0. The summed E-state index contributed by atoms with van der Waals surface area (Å²) in [6, 6.07) is 0.199. The highest BCUT2D eigenvalue weighted by molar-refractivity contribution is 5.10. The van der Waals surface area contributed by atoms with Crippen LogP contribution in [0.5, 0.6) is 0 Å². The first-order valence-electron chi connectivity index (χ1n) is 5.10. The van der Waals surface area contributed by atoms with E-state index in [-0.39, 0.29) is 6.04 Å². The Bertz CT molecular complexity index is 315. The van der Waals surface area contributed by atoms with E-state index in [0.29, 0.717) is 0 Å². The van der Waals surface area contributed by atoms with Gasteiger partial charge in [-0.05, 0) is 26.3 Å². The van der Waals surface area contributed by atoms with Crippen LogP contribution in [-0.4, -0.2) is 27.2 Å². The predicted octanol–water partition coefficient (Wildman–Crippen LogP) is 0.514. The number of aliphatic hydroxyl groups excluding tert-OH is 1. The fourth-order valence-corrected chi connectivity index (χ4v) is 1.98. The minimum Gasteiger partial charge on any atom is -0.385 e. The van der Waals surface area contributed by atoms with Crippen LogP contribution in [0.2, 0.25) is 0 Å². The van der Waals surface area contributed by atoms with Gasteiger partial charge in [-0.2, -0.15) is 0 Å². The van der Waals surface area contributed by atoms with E-state index in [0.717, 1.165) is 30.9 Å². The molecule has 0 aliphatic carbocycles. The molecule has 14 heavy (non-hydrogen) atoms. The van der Waals surface area contributed by atoms with E-state index in [1.807, 2.05) is 18.5 Å². The molecule has 1 aliphatic heterocycles. The number of nitrogens with one attached hydrogen (secondary N) is 1. The summed E-state index contributed by atoms with van der Waals surface area (Å²) in [4.78, 5) is 4.18. The van der Waals surface area contributed by atoms with Gasteiger partial charge in [-0.3, -0.25) is 0 Å². The van der Waals surface area contributed by atoms with Crippen molar-refractivity contribution in [1.82, 2.24) is 14.9 Å². The van der Waals surface area contributed by atoms with Gasteiger partial charge in [0.05, 0.1) is 11.9 Å². The molecule has 0 aromatic carbocycles. The number of rotatable bonds is 2. The zero-order valence-corrected chi connectivity index (χ0v) is 8.70. The molecule has 2 N–H and O–H groups in total. The molecule has 1 fully saturated rings. The third-order valence-electron chi connectivity index (χ3n) is 3.04. The average molecular weight is 195 g/mol. The minimum absolute atomic E-state index is 0.199. The van der Waals surface area contributed by atoms with Crippen LogP contribution < -0.4 is 5.32 Å². The Morgan fingerprint density at radius 1 is 1.71 bits per heavy atom. The average Bonchev–Trinajstić information content (AvgIpc) is 2.77. The molecule has 2 rings (SSSR count). The summed E-state index contributed by atoms with van der Waals surface area (Å²) in [5.74, 6) is 0.942. The third-order valence-corrected chi connectivity index (χ3v) is 3.04. The number of hydrogen-bond donors (Lipinski definition) is 2. The molecule has 4 nitrogen and oxygen atoms in total. The number of aryl methyl sites for hydroxylation is 1. The molecular formula is C10H17N3O. The van der Waals surface area contributed by atoms with Gasteiger partial charge in [-0.1, -0.05) is 0 Å². The maximum absolute atomic E-state index is 10.1. The second-order valence-electron chi connectivity index (χ2n) is 3.94. The van der Waals surface area contributed by atoms with Crippen LogP contribution >= 0.6 is 0 Å². The Morgan fingerprint density at radius 2 is 2.50 bits per heavy atom. The molecule has 1 aliphatic rings. The zero-order valence-electron chi connectivity index (χ0n) is 8.70. The molecule has 1 saturated heterocycles. The minimum atomic E-state index is -0.427. The largest absolute Gasteiger partial charge is 0.385 e. The lowest BCUT2D eigenvalue weighted by molar-refractivity contribution is 0.130. The van der Waals surface area contributed by atoms with Crippen molar-refractivity contribution in [2.75, 3.05) is 6.54 Å². The van der Waals surface area contributed by atoms with Gasteiger partial charge in [0, 0.05) is 13.1 Å². The Kier molecular flexibility index (Phi) is 2.56. The number of nitrogens with zero attached hydrogens (tertiary/aromatic N) is 2. The molecule has 2 heterocycles. The van der Waals surface area contributed by atoms with Crippen molar-refractivity contribution in [3.63, 3.8) is 0 Å². The lowest BCUT2D eigenvalue weighted by atomic mass is 10.1. The van der Waals surface area contributed by atoms with Crippen LogP contribution in [0.25, 0.3) is 0 Å². The molecular weight excluding hydrogens is 178 g/mol. The van der Waals surface area contributed by atoms with E-state index < -0.39 is 6.10 Å². The van der Waals surface area contributed by atoms with E-state index in [1.165, 1.54) is 0 Å². The van der Waals surface area contributed by atoms with Crippen LogP contribution in [0.3, 0.4) is 0 Å². The Labute approximate surface area is 84.0 Å². The molecule has 1 aromatic heterocycles. The predicted molar refractivity (Wildman–Crippen MR) is 53.9 cm³/mol. The van der Waals surface area contributed by atoms with Crippen LogP contribution in [0.4, 0.5) is 0 Å². The van der Waals surface area contributed by atoms with Crippen LogP contribution in [0.1, 0.15) is 30.5 Å². The monoisotopic (exact) mass is 195 g/mol. The van der Waals surface area contributed by atoms with Crippen molar-refractivity contribution in [2.24, 2.45) is 7.05 Å². The van der Waals surface area contributed by atoms with Gasteiger partial charge in [-0.15, -0.1) is 0 Å². The fourth-order valence-electron chi connectivity index (χ4n) is 1.98. The van der Waals surface area contributed by atoms with Crippen LogP contribution in [0.15, 0.2) is 6.20 Å². The van der Waals surface area contributed by atoms with Gasteiger partial charge in [0.2, 0.25) is 0 Å². The highest BCUT2D eigenvalue weighted by Gasteiger charge is 2.26. The van der Waals surface area contributed by atoms with E-state index >= 15 is 0 Å². The normalized spacial score (nSPS) is 24.1. The van der Waals surface area contributed by atoms with Crippen molar-refractivity contribution < 1.29 is 5.11 Å². The third kappa shape index (κ3) is 1.55. The Morgan fingerprint density at radius 3 is 3.00 bits per heavy atom. The topological polar surface area (TPSA) is 50.1 Å². The maximum atomic E-state index is 10.1. The summed E-state index contributed by atoms with van der Waals surface area (Å²) in [6.07, 6.45) is 3.54. The van der Waals surface area contributed by atoms with Crippen molar-refractivity contribution in [1.29, 1.82) is 0 Å². The first-order valence-corrected chi connectivity index (χ1v) is 5.10. The van der Waals surface area contributed by atoms with Gasteiger partial charge in [0.1, 0.15) is 11.9 Å². The Hall–Kier alpha value is -0.870. The van der Waals surface area contributed by atoms with E-state index in [2.05, 4.69) is 10.3 Å². The smallest absolute Gasteiger partial charge is 0.111 e. The standard InChI is InChI=1S/C10H17N3O/c1-7-12-6-9(13(7)2)10(14)8-4-3-5-11-8/h6,8,10-11,14H,3-5H2,1-2H3/t8-,10?/m0/s1. The van der Waals surface area contributed by atoms with Crippen molar-refractivity contribution in [3.8, 4) is 0 Å². The second-order valence-corrected chi connectivity index (χ2v) is 3.94. The summed E-state index contributed by atoms with van der Waals surface area (Å²) in [6.45, 7) is 2.96. The Balaban J connectivity index is 2.17. The number of imidazole rings is 1. The summed E-state index contributed by atoms with van der Waals surface area (Å²) in [5.41, 5.74) is 0.905. The maximum Gasteiger partial charge on any atom is 0.111 e. The quantitative estimate of drug-likeness (QED) is 0.723. The molecule has 2 atom stereocenters. The molecule has 1 aromatic rings. The highest BCUT2D eigenvalue weighted by atomic mass is 16.3.